The van der Waals surface area contributed by atoms with E-state index in [2.05, 4.69) is 46.9 Å². The molecule has 0 aliphatic rings. The van der Waals surface area contributed by atoms with Crippen LogP contribution in [0.4, 0.5) is 0 Å². The van der Waals surface area contributed by atoms with Crippen molar-refractivity contribution in [1.82, 2.24) is 4.98 Å². The summed E-state index contributed by atoms with van der Waals surface area (Å²) >= 11 is 3.43. The third-order valence-corrected chi connectivity index (χ3v) is 3.36. The van der Waals surface area contributed by atoms with Crippen LogP contribution in [-0.4, -0.2) is 4.98 Å². The van der Waals surface area contributed by atoms with Crippen molar-refractivity contribution < 1.29 is 4.74 Å². The highest BCUT2D eigenvalue weighted by molar-refractivity contribution is 9.08. The van der Waals surface area contributed by atoms with Gasteiger partial charge in [-0.2, -0.15) is 0 Å². The predicted molar refractivity (Wildman–Crippen MR) is 77.5 cm³/mol. The van der Waals surface area contributed by atoms with Gasteiger partial charge in [-0.05, 0) is 29.7 Å². The summed E-state index contributed by atoms with van der Waals surface area (Å²) < 4.78 is 5.79. The van der Waals surface area contributed by atoms with E-state index in [0.29, 0.717) is 11.8 Å². The lowest BCUT2D eigenvalue weighted by Crippen LogP contribution is -1.93. The molecular formula is C15H16BrNO. The summed E-state index contributed by atoms with van der Waals surface area (Å²) in [6.45, 7) is 4.36. The molecule has 0 saturated heterocycles. The Labute approximate surface area is 116 Å². The molecule has 0 amide bonds. The normalized spacial score (nSPS) is 10.7. The highest BCUT2D eigenvalue weighted by Gasteiger charge is 2.05. The van der Waals surface area contributed by atoms with E-state index in [-0.39, 0.29) is 0 Å². The highest BCUT2D eigenvalue weighted by Crippen LogP contribution is 2.25. The van der Waals surface area contributed by atoms with Gasteiger partial charge in [0, 0.05) is 17.1 Å². The van der Waals surface area contributed by atoms with Crippen molar-refractivity contribution >= 4 is 15.9 Å². The molecule has 0 bridgehead atoms. The first-order chi connectivity index (χ1) is 8.70. The molecule has 1 aromatic carbocycles. The van der Waals surface area contributed by atoms with Crippen LogP contribution >= 0.6 is 15.9 Å². The van der Waals surface area contributed by atoms with Gasteiger partial charge in [0.05, 0.1) is 0 Å². The Morgan fingerprint density at radius 3 is 2.50 bits per heavy atom. The summed E-state index contributed by atoms with van der Waals surface area (Å²) in [5.74, 6) is 2.01. The minimum absolute atomic E-state index is 0.534. The summed E-state index contributed by atoms with van der Waals surface area (Å²) in [7, 11) is 0. The summed E-state index contributed by atoms with van der Waals surface area (Å²) in [6, 6.07) is 12.1. The van der Waals surface area contributed by atoms with Crippen molar-refractivity contribution in [2.75, 3.05) is 0 Å². The van der Waals surface area contributed by atoms with E-state index in [1.165, 1.54) is 5.56 Å². The zero-order valence-corrected chi connectivity index (χ0v) is 12.1. The van der Waals surface area contributed by atoms with Gasteiger partial charge in [-0.3, -0.25) is 0 Å². The summed E-state index contributed by atoms with van der Waals surface area (Å²) in [5.41, 5.74) is 2.36. The van der Waals surface area contributed by atoms with Gasteiger partial charge in [0.1, 0.15) is 5.75 Å². The van der Waals surface area contributed by atoms with Crippen molar-refractivity contribution in [3.63, 3.8) is 0 Å². The molecule has 0 atom stereocenters. The van der Waals surface area contributed by atoms with Crippen LogP contribution in [0.2, 0.25) is 0 Å². The van der Waals surface area contributed by atoms with Gasteiger partial charge in [0.15, 0.2) is 0 Å². The molecule has 0 spiro atoms. The maximum Gasteiger partial charge on any atom is 0.223 e. The van der Waals surface area contributed by atoms with Gasteiger partial charge in [0.2, 0.25) is 5.88 Å². The fourth-order valence-corrected chi connectivity index (χ4v) is 2.08. The van der Waals surface area contributed by atoms with Crippen LogP contribution in [0, 0.1) is 0 Å². The monoisotopic (exact) mass is 305 g/mol. The molecule has 0 aliphatic carbocycles. The third kappa shape index (κ3) is 3.10. The zero-order valence-electron chi connectivity index (χ0n) is 10.6. The number of nitrogens with zero attached hydrogens (tertiary/aromatic N) is 1. The Bertz CT molecular complexity index is 508. The molecule has 0 N–H and O–H groups in total. The van der Waals surface area contributed by atoms with Crippen LogP contribution in [-0.2, 0) is 5.33 Å². The minimum atomic E-state index is 0.534. The highest BCUT2D eigenvalue weighted by atomic mass is 79.9. The first-order valence-electron chi connectivity index (χ1n) is 5.98. The SMILES string of the molecule is CC(C)c1ccc(Oc2ncccc2CBr)cc1. The lowest BCUT2D eigenvalue weighted by molar-refractivity contribution is 0.458. The zero-order chi connectivity index (χ0) is 13.0. The Hall–Kier alpha value is -1.35. The molecule has 1 heterocycles. The first-order valence-corrected chi connectivity index (χ1v) is 7.10. The second-order valence-corrected chi connectivity index (χ2v) is 4.99. The number of hydrogen-bond acceptors (Lipinski definition) is 2. The molecule has 0 saturated carbocycles. The Balaban J connectivity index is 2.18. The number of rotatable bonds is 4. The van der Waals surface area contributed by atoms with Gasteiger partial charge in [-0.1, -0.05) is 48.0 Å². The average molecular weight is 306 g/mol. The van der Waals surface area contributed by atoms with Crippen LogP contribution in [0.5, 0.6) is 11.6 Å². The molecule has 2 rings (SSSR count). The molecule has 0 radical (unpaired) electrons. The van der Waals surface area contributed by atoms with E-state index in [4.69, 9.17) is 4.74 Å². The van der Waals surface area contributed by atoms with Crippen molar-refractivity contribution in [3.8, 4) is 11.6 Å². The fourth-order valence-electron chi connectivity index (χ4n) is 1.65. The minimum Gasteiger partial charge on any atom is -0.439 e. The number of aromatic nitrogens is 1. The van der Waals surface area contributed by atoms with Crippen LogP contribution < -0.4 is 4.74 Å². The molecule has 0 aliphatic heterocycles. The van der Waals surface area contributed by atoms with Crippen LogP contribution in [0.15, 0.2) is 42.6 Å². The van der Waals surface area contributed by atoms with Gasteiger partial charge in [-0.15, -0.1) is 0 Å². The molecule has 94 valence electrons. The van der Waals surface area contributed by atoms with Gasteiger partial charge in [-0.25, -0.2) is 4.98 Å². The summed E-state index contributed by atoms with van der Waals surface area (Å²) in [6.07, 6.45) is 1.74. The van der Waals surface area contributed by atoms with Crippen LogP contribution in [0.3, 0.4) is 0 Å². The van der Waals surface area contributed by atoms with Crippen molar-refractivity contribution in [3.05, 3.63) is 53.7 Å². The third-order valence-electron chi connectivity index (χ3n) is 2.76. The van der Waals surface area contributed by atoms with Crippen LogP contribution in [0.1, 0.15) is 30.9 Å². The van der Waals surface area contributed by atoms with Gasteiger partial charge >= 0.3 is 0 Å². The maximum absolute atomic E-state index is 5.79. The topological polar surface area (TPSA) is 22.1 Å². The summed E-state index contributed by atoms with van der Waals surface area (Å²) in [4.78, 5) is 4.25. The Morgan fingerprint density at radius 1 is 1.17 bits per heavy atom. The number of hydrogen-bond donors (Lipinski definition) is 0. The van der Waals surface area contributed by atoms with Crippen molar-refractivity contribution in [2.24, 2.45) is 0 Å². The number of halogens is 1. The van der Waals surface area contributed by atoms with E-state index in [1.54, 1.807) is 6.20 Å². The van der Waals surface area contributed by atoms with Crippen LogP contribution in [0.25, 0.3) is 0 Å². The summed E-state index contributed by atoms with van der Waals surface area (Å²) in [5, 5.41) is 0.736. The molecule has 3 heteroatoms. The van der Waals surface area contributed by atoms with Gasteiger partial charge < -0.3 is 4.74 Å². The van der Waals surface area contributed by atoms with E-state index < -0.39 is 0 Å². The average Bonchev–Trinajstić information content (AvgIpc) is 2.40. The molecule has 2 aromatic rings. The second-order valence-electron chi connectivity index (χ2n) is 4.43. The van der Waals surface area contributed by atoms with E-state index >= 15 is 0 Å². The standard InChI is InChI=1S/C15H16BrNO/c1-11(2)12-5-7-14(8-6-12)18-15-13(10-16)4-3-9-17-15/h3-9,11H,10H2,1-2H3. The maximum atomic E-state index is 5.79. The van der Waals surface area contributed by atoms with Gasteiger partial charge in [0.25, 0.3) is 0 Å². The number of alkyl halides is 1. The predicted octanol–water partition coefficient (Wildman–Crippen LogP) is 4.89. The van der Waals surface area contributed by atoms with Crippen molar-refractivity contribution in [1.29, 1.82) is 0 Å². The lowest BCUT2D eigenvalue weighted by Gasteiger charge is -2.09. The Kier molecular flexibility index (Phi) is 4.37. The molecular weight excluding hydrogens is 290 g/mol. The molecule has 1 aromatic heterocycles. The first kappa shape index (κ1) is 13.1. The van der Waals surface area contributed by atoms with E-state index in [9.17, 15) is 0 Å². The lowest BCUT2D eigenvalue weighted by atomic mass is 10.0. The number of pyridine rings is 1. The van der Waals surface area contributed by atoms with E-state index in [0.717, 1.165) is 16.6 Å². The van der Waals surface area contributed by atoms with Crippen molar-refractivity contribution in [2.45, 2.75) is 25.1 Å². The fraction of sp³-hybridized carbons (Fsp3) is 0.267. The number of benzene rings is 1. The smallest absolute Gasteiger partial charge is 0.223 e. The number of ether oxygens (including phenoxy) is 1. The molecule has 0 unspecified atom stereocenters. The largest absolute Gasteiger partial charge is 0.439 e. The molecule has 0 fully saturated rings. The molecule has 18 heavy (non-hydrogen) atoms. The quantitative estimate of drug-likeness (QED) is 0.750. The Morgan fingerprint density at radius 2 is 1.89 bits per heavy atom. The second kappa shape index (κ2) is 6.01. The molecule has 2 nitrogen and oxygen atoms in total. The van der Waals surface area contributed by atoms with E-state index in [1.807, 2.05) is 24.3 Å².